The minimum atomic E-state index is -0.988. The maximum atomic E-state index is 13.3. The molecule has 4 N–H and O–H groups in total. The fourth-order valence-electron chi connectivity index (χ4n) is 3.64. The van der Waals surface area contributed by atoms with Gasteiger partial charge in [0.2, 0.25) is 0 Å². The number of amides is 1. The zero-order chi connectivity index (χ0) is 22.6. The highest BCUT2D eigenvalue weighted by Gasteiger charge is 2.28. The maximum absolute atomic E-state index is 13.3. The molecule has 2 fully saturated rings. The number of carbonyl (C=O) groups excluding carboxylic acids is 1. The molecule has 1 aliphatic carbocycles. The summed E-state index contributed by atoms with van der Waals surface area (Å²) >= 11 is 0. The van der Waals surface area contributed by atoms with Gasteiger partial charge in [-0.2, -0.15) is 0 Å². The predicted octanol–water partition coefficient (Wildman–Crippen LogP) is 1.90. The van der Waals surface area contributed by atoms with Gasteiger partial charge < -0.3 is 20.5 Å². The minimum absolute atomic E-state index is 0.0432. The molecule has 170 valence electrons. The minimum Gasteiger partial charge on any atom is -0.380 e. The number of aromatic nitrogens is 5. The second-order valence-corrected chi connectivity index (χ2v) is 8.07. The SMILES string of the molecule is O=C(Nc1cnccc1C(O)NC1CCOC1)c1nc(C2CC2)cnc1Nc1cncnc1. The molecule has 5 rings (SSSR count). The molecule has 2 aliphatic rings. The number of ether oxygens (including phenoxy) is 1. The van der Waals surface area contributed by atoms with Crippen LogP contribution in [0.2, 0.25) is 0 Å². The van der Waals surface area contributed by atoms with Crippen LogP contribution in [0.4, 0.5) is 17.2 Å². The van der Waals surface area contributed by atoms with Gasteiger partial charge in [-0.1, -0.05) is 0 Å². The molecule has 11 heteroatoms. The average Bonchev–Trinajstić information content (AvgIpc) is 3.57. The summed E-state index contributed by atoms with van der Waals surface area (Å²) in [5.41, 5.74) is 2.39. The van der Waals surface area contributed by atoms with Crippen LogP contribution in [0.3, 0.4) is 0 Å². The number of aliphatic hydroxyl groups is 1. The summed E-state index contributed by atoms with van der Waals surface area (Å²) in [5, 5.41) is 19.7. The molecule has 1 saturated carbocycles. The first-order chi connectivity index (χ1) is 16.2. The smallest absolute Gasteiger partial charge is 0.278 e. The number of hydrogen-bond donors (Lipinski definition) is 4. The maximum Gasteiger partial charge on any atom is 0.278 e. The molecule has 11 nitrogen and oxygen atoms in total. The van der Waals surface area contributed by atoms with E-state index in [2.05, 4.69) is 40.9 Å². The summed E-state index contributed by atoms with van der Waals surface area (Å²) in [6.45, 7) is 1.19. The van der Waals surface area contributed by atoms with E-state index in [1.54, 1.807) is 30.9 Å². The van der Waals surface area contributed by atoms with E-state index in [9.17, 15) is 9.90 Å². The molecular weight excluding hydrogens is 424 g/mol. The van der Waals surface area contributed by atoms with Crippen molar-refractivity contribution in [2.45, 2.75) is 37.5 Å². The third-order valence-electron chi connectivity index (χ3n) is 5.55. The molecule has 1 amide bonds. The molecule has 0 spiro atoms. The van der Waals surface area contributed by atoms with Gasteiger partial charge in [-0.3, -0.25) is 15.1 Å². The Hall–Kier alpha value is -3.54. The highest BCUT2D eigenvalue weighted by Crippen LogP contribution is 2.39. The van der Waals surface area contributed by atoms with Crippen LogP contribution in [0, 0.1) is 0 Å². The Kier molecular flexibility index (Phi) is 6.15. The Morgan fingerprint density at radius 1 is 1.12 bits per heavy atom. The van der Waals surface area contributed by atoms with Crippen LogP contribution in [0.25, 0.3) is 0 Å². The van der Waals surface area contributed by atoms with Crippen LogP contribution in [0.5, 0.6) is 0 Å². The van der Waals surface area contributed by atoms with E-state index in [-0.39, 0.29) is 11.7 Å². The molecule has 3 aromatic rings. The van der Waals surface area contributed by atoms with Crippen molar-refractivity contribution in [3.05, 3.63) is 60.3 Å². The van der Waals surface area contributed by atoms with E-state index in [1.165, 1.54) is 12.5 Å². The fraction of sp³-hybridized carbons (Fsp3) is 0.364. The Morgan fingerprint density at radius 3 is 2.73 bits per heavy atom. The van der Waals surface area contributed by atoms with E-state index in [0.717, 1.165) is 25.0 Å². The Morgan fingerprint density at radius 2 is 1.97 bits per heavy atom. The first-order valence-electron chi connectivity index (χ1n) is 10.8. The summed E-state index contributed by atoms with van der Waals surface area (Å²) in [5.74, 6) is 0.153. The summed E-state index contributed by atoms with van der Waals surface area (Å²) < 4.78 is 5.36. The first kappa shape index (κ1) is 21.3. The van der Waals surface area contributed by atoms with Crippen molar-refractivity contribution in [2.24, 2.45) is 0 Å². The number of anilines is 3. The van der Waals surface area contributed by atoms with E-state index in [0.29, 0.717) is 41.9 Å². The quantitative estimate of drug-likeness (QED) is 0.377. The second kappa shape index (κ2) is 9.53. The van der Waals surface area contributed by atoms with Crippen LogP contribution >= 0.6 is 0 Å². The second-order valence-electron chi connectivity index (χ2n) is 8.07. The lowest BCUT2D eigenvalue weighted by atomic mass is 10.1. The highest BCUT2D eigenvalue weighted by molar-refractivity contribution is 6.06. The van der Waals surface area contributed by atoms with Gasteiger partial charge in [-0.15, -0.1) is 0 Å². The monoisotopic (exact) mass is 448 g/mol. The van der Waals surface area contributed by atoms with Crippen molar-refractivity contribution >= 4 is 23.1 Å². The van der Waals surface area contributed by atoms with Gasteiger partial charge >= 0.3 is 0 Å². The van der Waals surface area contributed by atoms with Crippen LogP contribution in [-0.4, -0.2) is 55.2 Å². The normalized spacial score (nSPS) is 18.6. The lowest BCUT2D eigenvalue weighted by Crippen LogP contribution is -2.33. The van der Waals surface area contributed by atoms with Gasteiger partial charge in [0.15, 0.2) is 11.5 Å². The van der Waals surface area contributed by atoms with Crippen molar-refractivity contribution in [1.29, 1.82) is 0 Å². The lowest BCUT2D eigenvalue weighted by molar-refractivity contribution is 0.102. The highest BCUT2D eigenvalue weighted by atomic mass is 16.5. The third-order valence-corrected chi connectivity index (χ3v) is 5.55. The fourth-order valence-corrected chi connectivity index (χ4v) is 3.64. The van der Waals surface area contributed by atoms with Crippen LogP contribution in [-0.2, 0) is 4.74 Å². The van der Waals surface area contributed by atoms with E-state index >= 15 is 0 Å². The summed E-state index contributed by atoms with van der Waals surface area (Å²) in [6.07, 6.45) is 11.2. The molecule has 1 aliphatic heterocycles. The van der Waals surface area contributed by atoms with Crippen molar-refractivity contribution in [3.8, 4) is 0 Å². The molecule has 2 unspecified atom stereocenters. The molecule has 0 radical (unpaired) electrons. The number of pyridine rings is 1. The van der Waals surface area contributed by atoms with Crippen molar-refractivity contribution in [2.75, 3.05) is 23.8 Å². The number of nitrogens with one attached hydrogen (secondary N) is 3. The first-order valence-corrected chi connectivity index (χ1v) is 10.8. The zero-order valence-electron chi connectivity index (χ0n) is 17.8. The van der Waals surface area contributed by atoms with Crippen LogP contribution in [0.15, 0.2) is 43.4 Å². The topological polar surface area (TPSA) is 147 Å². The molecule has 33 heavy (non-hydrogen) atoms. The Bertz CT molecular complexity index is 1120. The van der Waals surface area contributed by atoms with E-state index < -0.39 is 12.1 Å². The number of hydrogen-bond acceptors (Lipinski definition) is 10. The largest absolute Gasteiger partial charge is 0.380 e. The van der Waals surface area contributed by atoms with Gasteiger partial charge in [-0.05, 0) is 25.3 Å². The van der Waals surface area contributed by atoms with E-state index in [4.69, 9.17) is 4.74 Å². The summed E-state index contributed by atoms with van der Waals surface area (Å²) in [7, 11) is 0. The third kappa shape index (κ3) is 5.11. The Balaban J connectivity index is 1.39. The molecule has 0 aromatic carbocycles. The van der Waals surface area contributed by atoms with Gasteiger partial charge in [-0.25, -0.2) is 19.9 Å². The van der Waals surface area contributed by atoms with Crippen molar-refractivity contribution < 1.29 is 14.6 Å². The molecule has 1 saturated heterocycles. The van der Waals surface area contributed by atoms with Gasteiger partial charge in [0.1, 0.15) is 12.6 Å². The lowest BCUT2D eigenvalue weighted by Gasteiger charge is -2.20. The molecular formula is C22H24N8O3. The number of carbonyl (C=O) groups is 1. The zero-order valence-corrected chi connectivity index (χ0v) is 17.8. The summed E-state index contributed by atoms with van der Waals surface area (Å²) in [4.78, 5) is 34.4. The molecule has 3 aromatic heterocycles. The number of aliphatic hydroxyl groups excluding tert-OH is 1. The number of nitrogens with zero attached hydrogens (tertiary/aromatic N) is 5. The van der Waals surface area contributed by atoms with Crippen molar-refractivity contribution in [1.82, 2.24) is 30.2 Å². The van der Waals surface area contributed by atoms with Gasteiger partial charge in [0.05, 0.1) is 48.5 Å². The van der Waals surface area contributed by atoms with Crippen LogP contribution < -0.4 is 16.0 Å². The standard InChI is InChI=1S/C22H24N8O3/c31-21(28-14-4-6-33-11-14)16-3-5-23-9-18(16)30-22(32)19-20(27-15-7-24-12-25-8-15)26-10-17(29-19)13-1-2-13/h3,5,7-10,12-14,21,28,31H,1-2,4,6,11H2,(H,26,27)(H,30,32). The molecule has 0 bridgehead atoms. The van der Waals surface area contributed by atoms with Gasteiger partial charge in [0, 0.05) is 30.3 Å². The number of rotatable bonds is 8. The van der Waals surface area contributed by atoms with Crippen LogP contribution in [0.1, 0.15) is 53.2 Å². The van der Waals surface area contributed by atoms with E-state index in [1.807, 2.05) is 0 Å². The molecule has 4 heterocycles. The molecule has 2 atom stereocenters. The van der Waals surface area contributed by atoms with Gasteiger partial charge in [0.25, 0.3) is 5.91 Å². The summed E-state index contributed by atoms with van der Waals surface area (Å²) in [6, 6.07) is 1.71. The predicted molar refractivity (Wildman–Crippen MR) is 119 cm³/mol. The van der Waals surface area contributed by atoms with Crippen molar-refractivity contribution in [3.63, 3.8) is 0 Å². The Labute approximate surface area is 190 Å². The average molecular weight is 448 g/mol.